The van der Waals surface area contributed by atoms with Crippen LogP contribution >= 0.6 is 11.3 Å². The fourth-order valence-electron chi connectivity index (χ4n) is 3.70. The molecular weight excluding hydrogens is 522 g/mol. The molecule has 1 aromatic heterocycles. The lowest BCUT2D eigenvalue weighted by Gasteiger charge is -2.15. The van der Waals surface area contributed by atoms with Crippen LogP contribution < -0.4 is 5.32 Å². The number of esters is 2. The average Bonchev–Trinajstić information content (AvgIpc) is 3.51. The molecule has 0 saturated carbocycles. The van der Waals surface area contributed by atoms with Crippen LogP contribution in [0.2, 0.25) is 0 Å². The zero-order valence-electron chi connectivity index (χ0n) is 21.0. The van der Waals surface area contributed by atoms with Crippen molar-refractivity contribution in [2.45, 2.75) is 31.6 Å². The van der Waals surface area contributed by atoms with Gasteiger partial charge in [-0.3, -0.25) is 9.59 Å². The second-order valence-electron chi connectivity index (χ2n) is 8.44. The number of benzene rings is 1. The normalized spacial score (nSPS) is 13.7. The third-order valence-electron chi connectivity index (χ3n) is 5.59. The van der Waals surface area contributed by atoms with Crippen LogP contribution in [0.5, 0.6) is 0 Å². The summed E-state index contributed by atoms with van der Waals surface area (Å²) in [5.41, 5.74) is 0.396. The molecule has 0 aliphatic carbocycles. The lowest BCUT2D eigenvalue weighted by Crippen LogP contribution is -2.28. The molecule has 11 nitrogen and oxygen atoms in total. The third kappa shape index (κ3) is 6.35. The Morgan fingerprint density at radius 3 is 2.38 bits per heavy atom. The number of nitrogens with one attached hydrogen (secondary N) is 1. The van der Waals surface area contributed by atoms with Crippen LogP contribution in [0.25, 0.3) is 0 Å². The molecule has 0 atom stereocenters. The second-order valence-corrected chi connectivity index (χ2v) is 11.4. The Labute approximate surface area is 219 Å². The Morgan fingerprint density at radius 2 is 1.76 bits per heavy atom. The zero-order chi connectivity index (χ0) is 27.3. The van der Waals surface area contributed by atoms with Crippen molar-refractivity contribution in [3.63, 3.8) is 0 Å². The van der Waals surface area contributed by atoms with E-state index in [1.54, 1.807) is 27.9 Å². The van der Waals surface area contributed by atoms with Crippen molar-refractivity contribution >= 4 is 50.1 Å². The maximum atomic E-state index is 12.8. The molecule has 200 valence electrons. The van der Waals surface area contributed by atoms with Gasteiger partial charge in [-0.05, 0) is 50.5 Å². The number of rotatable bonds is 9. The van der Waals surface area contributed by atoms with Crippen LogP contribution in [0.1, 0.15) is 55.7 Å². The molecule has 0 unspecified atom stereocenters. The second kappa shape index (κ2) is 11.8. The van der Waals surface area contributed by atoms with Crippen LogP contribution in [0.15, 0.2) is 29.2 Å². The van der Waals surface area contributed by atoms with Crippen LogP contribution in [-0.4, -0.2) is 81.8 Å². The first kappa shape index (κ1) is 28.3. The summed E-state index contributed by atoms with van der Waals surface area (Å²) in [7, 11) is -0.598. The molecule has 0 bridgehead atoms. The van der Waals surface area contributed by atoms with E-state index >= 15 is 0 Å². The standard InChI is InChI=1S/C24H29N3O8S2/c1-5-34-24(31)19-15(2)20(22(29)26(3)4)36-21(19)25-18(28)14-35-23(30)16-9-8-10-17(13-16)37(32,33)27-11-6-7-12-27/h8-10,13H,5-7,11-12,14H2,1-4H3,(H,25,28). The van der Waals surface area contributed by atoms with Crippen molar-refractivity contribution in [2.24, 2.45) is 0 Å². The van der Waals surface area contributed by atoms with Crippen molar-refractivity contribution in [1.82, 2.24) is 9.21 Å². The molecule has 13 heteroatoms. The fourth-order valence-corrected chi connectivity index (χ4v) is 6.49. The first-order chi connectivity index (χ1) is 17.5. The Morgan fingerprint density at radius 1 is 1.08 bits per heavy atom. The summed E-state index contributed by atoms with van der Waals surface area (Å²) >= 11 is 0.917. The van der Waals surface area contributed by atoms with E-state index in [1.165, 1.54) is 33.5 Å². The van der Waals surface area contributed by atoms with Gasteiger partial charge in [-0.15, -0.1) is 11.3 Å². The Balaban J connectivity index is 1.72. The van der Waals surface area contributed by atoms with Crippen LogP contribution in [0, 0.1) is 6.92 Å². The molecule has 37 heavy (non-hydrogen) atoms. The van der Waals surface area contributed by atoms with Crippen molar-refractivity contribution in [3.8, 4) is 0 Å². The minimum absolute atomic E-state index is 0.0221. The van der Waals surface area contributed by atoms with Crippen LogP contribution in [0.4, 0.5) is 5.00 Å². The molecule has 1 saturated heterocycles. The predicted molar refractivity (Wildman–Crippen MR) is 136 cm³/mol. The van der Waals surface area contributed by atoms with E-state index in [9.17, 15) is 27.6 Å². The summed E-state index contributed by atoms with van der Waals surface area (Å²) in [6, 6.07) is 5.45. The van der Waals surface area contributed by atoms with Crippen molar-refractivity contribution in [1.29, 1.82) is 0 Å². The van der Waals surface area contributed by atoms with Crippen LogP contribution in [0.3, 0.4) is 0 Å². The molecule has 3 rings (SSSR count). The molecule has 1 aliphatic heterocycles. The highest BCUT2D eigenvalue weighted by molar-refractivity contribution is 7.89. The highest BCUT2D eigenvalue weighted by Crippen LogP contribution is 2.34. The molecule has 1 aliphatic rings. The molecule has 2 heterocycles. The van der Waals surface area contributed by atoms with E-state index in [0.29, 0.717) is 18.7 Å². The minimum atomic E-state index is -3.73. The van der Waals surface area contributed by atoms with E-state index in [0.717, 1.165) is 24.2 Å². The molecule has 2 amide bonds. The summed E-state index contributed by atoms with van der Waals surface area (Å²) in [6.45, 7) is 3.47. The fraction of sp³-hybridized carbons (Fsp3) is 0.417. The van der Waals surface area contributed by atoms with Crippen LogP contribution in [-0.2, 0) is 24.3 Å². The lowest BCUT2D eigenvalue weighted by atomic mass is 10.1. The van der Waals surface area contributed by atoms with Gasteiger partial charge in [0.05, 0.1) is 27.5 Å². The molecule has 2 aromatic rings. The monoisotopic (exact) mass is 551 g/mol. The summed E-state index contributed by atoms with van der Waals surface area (Å²) in [5.74, 6) is -2.67. The van der Waals surface area contributed by atoms with E-state index in [2.05, 4.69) is 5.32 Å². The number of hydrogen-bond acceptors (Lipinski definition) is 9. The number of nitrogens with zero attached hydrogens (tertiary/aromatic N) is 2. The van der Waals surface area contributed by atoms with Gasteiger partial charge >= 0.3 is 11.9 Å². The summed E-state index contributed by atoms with van der Waals surface area (Å²) in [5, 5.41) is 2.61. The van der Waals surface area contributed by atoms with E-state index in [-0.39, 0.29) is 38.4 Å². The zero-order valence-corrected chi connectivity index (χ0v) is 22.7. The highest BCUT2D eigenvalue weighted by Gasteiger charge is 2.29. The van der Waals surface area contributed by atoms with Gasteiger partial charge in [-0.1, -0.05) is 6.07 Å². The van der Waals surface area contributed by atoms with Crippen molar-refractivity contribution in [2.75, 3.05) is 45.7 Å². The number of sulfonamides is 1. The first-order valence-electron chi connectivity index (χ1n) is 11.6. The smallest absolute Gasteiger partial charge is 0.341 e. The largest absolute Gasteiger partial charge is 0.462 e. The molecule has 0 radical (unpaired) electrons. The molecular formula is C24H29N3O8S2. The number of hydrogen-bond donors (Lipinski definition) is 1. The van der Waals surface area contributed by atoms with Gasteiger partial charge in [0.2, 0.25) is 10.0 Å². The average molecular weight is 552 g/mol. The minimum Gasteiger partial charge on any atom is -0.462 e. The summed E-state index contributed by atoms with van der Waals surface area (Å²) < 4.78 is 37.1. The first-order valence-corrected chi connectivity index (χ1v) is 13.8. The maximum absolute atomic E-state index is 12.8. The number of carbonyl (C=O) groups excluding carboxylic acids is 4. The Kier molecular flexibility index (Phi) is 9.05. The van der Waals surface area contributed by atoms with Gasteiger partial charge < -0.3 is 19.7 Å². The van der Waals surface area contributed by atoms with E-state index in [4.69, 9.17) is 9.47 Å². The number of thiophene rings is 1. The Bertz CT molecular complexity index is 1310. The van der Waals surface area contributed by atoms with Crippen molar-refractivity contribution in [3.05, 3.63) is 45.8 Å². The SMILES string of the molecule is CCOC(=O)c1c(NC(=O)COC(=O)c2cccc(S(=O)(=O)N3CCCC3)c2)sc(C(=O)N(C)C)c1C. The number of amides is 2. The highest BCUT2D eigenvalue weighted by atomic mass is 32.2. The summed E-state index contributed by atoms with van der Waals surface area (Å²) in [4.78, 5) is 51.7. The van der Waals surface area contributed by atoms with Gasteiger partial charge in [0.25, 0.3) is 11.8 Å². The molecule has 1 aromatic carbocycles. The molecule has 1 fully saturated rings. The van der Waals surface area contributed by atoms with Gasteiger partial charge in [-0.2, -0.15) is 4.31 Å². The molecule has 0 spiro atoms. The number of carbonyl (C=O) groups is 4. The van der Waals surface area contributed by atoms with E-state index < -0.39 is 34.5 Å². The number of anilines is 1. The maximum Gasteiger partial charge on any atom is 0.341 e. The van der Waals surface area contributed by atoms with E-state index in [1.807, 2.05) is 0 Å². The Hall–Kier alpha value is -3.29. The number of ether oxygens (including phenoxy) is 2. The topological polar surface area (TPSA) is 139 Å². The van der Waals surface area contributed by atoms with Gasteiger partial charge in [0.15, 0.2) is 6.61 Å². The van der Waals surface area contributed by atoms with Gasteiger partial charge in [-0.25, -0.2) is 18.0 Å². The quantitative estimate of drug-likeness (QED) is 0.469. The third-order valence-corrected chi connectivity index (χ3v) is 8.68. The molecule has 1 N–H and O–H groups in total. The van der Waals surface area contributed by atoms with Crippen molar-refractivity contribution < 1.29 is 37.1 Å². The predicted octanol–water partition coefficient (Wildman–Crippen LogP) is 2.52. The lowest BCUT2D eigenvalue weighted by molar-refractivity contribution is -0.119. The van der Waals surface area contributed by atoms with Gasteiger partial charge in [0.1, 0.15) is 5.00 Å². The summed E-state index contributed by atoms with van der Waals surface area (Å²) in [6.07, 6.45) is 1.56. The van der Waals surface area contributed by atoms with Gasteiger partial charge in [0, 0.05) is 27.2 Å².